The molecule has 23 heavy (non-hydrogen) atoms. The van der Waals surface area contributed by atoms with E-state index in [1.54, 1.807) is 4.90 Å². The fraction of sp³-hybridized carbons (Fsp3) is 0.500. The predicted octanol–water partition coefficient (Wildman–Crippen LogP) is 1.66. The zero-order valence-corrected chi connectivity index (χ0v) is 13.2. The SMILES string of the molecule is CNC[C@H]1CCN(C(=O)c2ccc(S(=O)(=O)C(F)(F)F)cc2)C1. The van der Waals surface area contributed by atoms with Crippen molar-refractivity contribution in [2.45, 2.75) is 16.8 Å². The van der Waals surface area contributed by atoms with Crippen molar-refractivity contribution in [2.24, 2.45) is 5.92 Å². The van der Waals surface area contributed by atoms with Gasteiger partial charge in [-0.2, -0.15) is 13.2 Å². The van der Waals surface area contributed by atoms with Gasteiger partial charge in [0.05, 0.1) is 4.90 Å². The number of sulfone groups is 1. The van der Waals surface area contributed by atoms with Crippen molar-refractivity contribution in [1.29, 1.82) is 0 Å². The third-order valence-corrected chi connectivity index (χ3v) is 5.28. The molecule has 2 rings (SSSR count). The van der Waals surface area contributed by atoms with Crippen molar-refractivity contribution >= 4 is 15.7 Å². The summed E-state index contributed by atoms with van der Waals surface area (Å²) in [5, 5.41) is 3.04. The molecule has 1 amide bonds. The minimum Gasteiger partial charge on any atom is -0.338 e. The molecule has 0 radical (unpaired) electrons. The first-order valence-corrected chi connectivity index (χ1v) is 8.50. The Balaban J connectivity index is 2.13. The fourth-order valence-corrected chi connectivity index (χ4v) is 3.33. The number of hydrogen-bond donors (Lipinski definition) is 1. The first kappa shape index (κ1) is 17.7. The summed E-state index contributed by atoms with van der Waals surface area (Å²) >= 11 is 0. The van der Waals surface area contributed by atoms with Crippen LogP contribution < -0.4 is 5.32 Å². The van der Waals surface area contributed by atoms with E-state index >= 15 is 0 Å². The molecule has 1 heterocycles. The van der Waals surface area contributed by atoms with Gasteiger partial charge in [-0.15, -0.1) is 0 Å². The van der Waals surface area contributed by atoms with Crippen molar-refractivity contribution in [2.75, 3.05) is 26.7 Å². The molecule has 1 fully saturated rings. The Kier molecular flexibility index (Phi) is 5.00. The summed E-state index contributed by atoms with van der Waals surface area (Å²) in [6, 6.07) is 3.87. The average molecular weight is 350 g/mol. The molecule has 0 aromatic heterocycles. The van der Waals surface area contributed by atoms with Gasteiger partial charge in [0.25, 0.3) is 15.7 Å². The van der Waals surface area contributed by atoms with Crippen LogP contribution in [0.25, 0.3) is 0 Å². The van der Waals surface area contributed by atoms with E-state index in [9.17, 15) is 26.4 Å². The second kappa shape index (κ2) is 6.48. The highest BCUT2D eigenvalue weighted by Crippen LogP contribution is 2.30. The van der Waals surface area contributed by atoms with Gasteiger partial charge >= 0.3 is 5.51 Å². The summed E-state index contributed by atoms with van der Waals surface area (Å²) in [5.41, 5.74) is -5.18. The predicted molar refractivity (Wildman–Crippen MR) is 77.6 cm³/mol. The standard InChI is InChI=1S/C14H17F3N2O3S/c1-18-8-10-6-7-19(9-10)13(20)11-2-4-12(5-3-11)23(21,22)14(15,16)17/h2-5,10,18H,6-9H2,1H3/t10-/m1/s1. The van der Waals surface area contributed by atoms with Crippen molar-refractivity contribution in [3.8, 4) is 0 Å². The van der Waals surface area contributed by atoms with E-state index in [1.807, 2.05) is 7.05 Å². The monoisotopic (exact) mass is 350 g/mol. The summed E-state index contributed by atoms with van der Waals surface area (Å²) < 4.78 is 60.0. The number of amides is 1. The number of carbonyl (C=O) groups is 1. The second-order valence-corrected chi connectivity index (χ2v) is 7.38. The molecule has 0 bridgehead atoms. The zero-order valence-electron chi connectivity index (χ0n) is 12.4. The van der Waals surface area contributed by atoms with E-state index in [0.717, 1.165) is 37.2 Å². The maximum absolute atomic E-state index is 12.5. The molecule has 9 heteroatoms. The van der Waals surface area contributed by atoms with Crippen molar-refractivity contribution < 1.29 is 26.4 Å². The van der Waals surface area contributed by atoms with Gasteiger partial charge in [0.15, 0.2) is 0 Å². The smallest absolute Gasteiger partial charge is 0.338 e. The highest BCUT2D eigenvalue weighted by molar-refractivity contribution is 7.92. The Morgan fingerprint density at radius 2 is 1.91 bits per heavy atom. The number of nitrogens with zero attached hydrogens (tertiary/aromatic N) is 1. The average Bonchev–Trinajstić information content (AvgIpc) is 2.94. The van der Waals surface area contributed by atoms with Crippen LogP contribution in [-0.2, 0) is 9.84 Å². The number of carbonyl (C=O) groups excluding carboxylic acids is 1. The van der Waals surface area contributed by atoms with E-state index in [4.69, 9.17) is 0 Å². The molecule has 0 spiro atoms. The van der Waals surface area contributed by atoms with E-state index in [-0.39, 0.29) is 11.5 Å². The summed E-state index contributed by atoms with van der Waals surface area (Å²) in [5.74, 6) is 0.0355. The molecule has 0 unspecified atom stereocenters. The van der Waals surface area contributed by atoms with Crippen LogP contribution in [0.2, 0.25) is 0 Å². The molecule has 1 saturated heterocycles. The fourth-order valence-electron chi connectivity index (χ4n) is 2.57. The van der Waals surface area contributed by atoms with Crippen LogP contribution in [0.15, 0.2) is 29.2 Å². The summed E-state index contributed by atoms with van der Waals surface area (Å²) in [4.78, 5) is 13.0. The molecule has 0 saturated carbocycles. The van der Waals surface area contributed by atoms with Gasteiger partial charge in [-0.3, -0.25) is 4.79 Å². The van der Waals surface area contributed by atoms with E-state index in [1.165, 1.54) is 0 Å². The molecular formula is C14H17F3N2O3S. The summed E-state index contributed by atoms with van der Waals surface area (Å²) in [7, 11) is -3.56. The Morgan fingerprint density at radius 3 is 2.43 bits per heavy atom. The third kappa shape index (κ3) is 3.66. The molecule has 1 N–H and O–H groups in total. The molecule has 0 aliphatic carbocycles. The lowest BCUT2D eigenvalue weighted by Gasteiger charge is -2.17. The number of hydrogen-bond acceptors (Lipinski definition) is 4. The van der Waals surface area contributed by atoms with E-state index < -0.39 is 20.2 Å². The molecule has 1 aromatic rings. The van der Waals surface area contributed by atoms with Gasteiger partial charge in [-0.05, 0) is 50.2 Å². The van der Waals surface area contributed by atoms with Crippen LogP contribution in [0.3, 0.4) is 0 Å². The lowest BCUT2D eigenvalue weighted by Crippen LogP contribution is -2.30. The van der Waals surface area contributed by atoms with Gasteiger partial charge in [-0.25, -0.2) is 8.42 Å². The highest BCUT2D eigenvalue weighted by Gasteiger charge is 2.46. The Labute approximate surface area is 132 Å². The Hall–Kier alpha value is -1.61. The minimum atomic E-state index is -5.39. The second-order valence-electron chi connectivity index (χ2n) is 5.44. The van der Waals surface area contributed by atoms with Crippen LogP contribution in [0.1, 0.15) is 16.8 Å². The number of nitrogens with one attached hydrogen (secondary N) is 1. The lowest BCUT2D eigenvalue weighted by molar-refractivity contribution is -0.0436. The molecular weight excluding hydrogens is 333 g/mol. The molecule has 1 aliphatic heterocycles. The third-order valence-electron chi connectivity index (χ3n) is 3.78. The van der Waals surface area contributed by atoms with E-state index in [2.05, 4.69) is 5.32 Å². The van der Waals surface area contributed by atoms with Crippen LogP contribution >= 0.6 is 0 Å². The molecule has 128 valence electrons. The normalized spacial score (nSPS) is 19.1. The van der Waals surface area contributed by atoms with E-state index in [0.29, 0.717) is 19.0 Å². The number of benzene rings is 1. The maximum Gasteiger partial charge on any atom is 0.501 e. The molecule has 1 aliphatic rings. The first-order valence-electron chi connectivity index (χ1n) is 7.02. The minimum absolute atomic E-state index is 0.177. The maximum atomic E-state index is 12.5. The molecule has 1 atom stereocenters. The quantitative estimate of drug-likeness (QED) is 0.897. The van der Waals surface area contributed by atoms with Crippen LogP contribution in [0.4, 0.5) is 13.2 Å². The van der Waals surface area contributed by atoms with Crippen LogP contribution in [0.5, 0.6) is 0 Å². The van der Waals surface area contributed by atoms with Crippen LogP contribution in [-0.4, -0.2) is 51.4 Å². The lowest BCUT2D eigenvalue weighted by atomic mass is 10.1. The number of halogens is 3. The topological polar surface area (TPSA) is 66.5 Å². The van der Waals surface area contributed by atoms with Crippen LogP contribution in [0, 0.1) is 5.92 Å². The number of alkyl halides is 3. The number of likely N-dealkylation sites (tertiary alicyclic amines) is 1. The van der Waals surface area contributed by atoms with Gasteiger partial charge in [0.1, 0.15) is 0 Å². The Morgan fingerprint density at radius 1 is 1.30 bits per heavy atom. The zero-order chi connectivity index (χ0) is 17.3. The highest BCUT2D eigenvalue weighted by atomic mass is 32.2. The van der Waals surface area contributed by atoms with Gasteiger partial charge in [0.2, 0.25) is 0 Å². The Bertz CT molecular complexity index is 672. The molecule has 1 aromatic carbocycles. The largest absolute Gasteiger partial charge is 0.501 e. The van der Waals surface area contributed by atoms with Crippen molar-refractivity contribution in [3.63, 3.8) is 0 Å². The molecule has 5 nitrogen and oxygen atoms in total. The van der Waals surface area contributed by atoms with Gasteiger partial charge in [0, 0.05) is 18.7 Å². The van der Waals surface area contributed by atoms with Crippen molar-refractivity contribution in [1.82, 2.24) is 10.2 Å². The van der Waals surface area contributed by atoms with Gasteiger partial charge in [-0.1, -0.05) is 0 Å². The van der Waals surface area contributed by atoms with Crippen molar-refractivity contribution in [3.05, 3.63) is 29.8 Å². The number of rotatable bonds is 4. The first-order chi connectivity index (χ1) is 10.7. The van der Waals surface area contributed by atoms with Gasteiger partial charge < -0.3 is 10.2 Å². The summed E-state index contributed by atoms with van der Waals surface area (Å²) in [6.07, 6.45) is 0.854. The summed E-state index contributed by atoms with van der Waals surface area (Å²) in [6.45, 7) is 1.93.